The summed E-state index contributed by atoms with van der Waals surface area (Å²) in [6, 6.07) is 0. The molecule has 5 heteroatoms. The smallest absolute Gasteiger partial charge is 0.238 e. The van der Waals surface area contributed by atoms with E-state index in [2.05, 4.69) is 36.1 Å². The van der Waals surface area contributed by atoms with Gasteiger partial charge in [0.05, 0.1) is 16.4 Å². The molecule has 0 saturated heterocycles. The average molecular weight is 403 g/mol. The number of rotatable bonds is 1. The van der Waals surface area contributed by atoms with E-state index in [9.17, 15) is 4.79 Å². The minimum absolute atomic E-state index is 0.0864. The fourth-order valence-electron chi connectivity index (χ4n) is 1.62. The largest absolute Gasteiger partial charge is 0.491 e. The Labute approximate surface area is 135 Å². The number of methoxy groups -OCH3 is 1. The van der Waals surface area contributed by atoms with Crippen LogP contribution in [0, 0.1) is 15.0 Å². The van der Waals surface area contributed by atoms with E-state index in [1.54, 1.807) is 0 Å². The molecular weight excluding hydrogens is 381 g/mol. The van der Waals surface area contributed by atoms with Crippen LogP contribution in [0.1, 0.15) is 32.2 Å². The lowest BCUT2D eigenvalue weighted by Crippen LogP contribution is -2.24. The van der Waals surface area contributed by atoms with Gasteiger partial charge in [0.1, 0.15) is 13.8 Å². The summed E-state index contributed by atoms with van der Waals surface area (Å²) in [5.41, 5.74) is 4.50. The van der Waals surface area contributed by atoms with E-state index in [0.717, 1.165) is 5.69 Å². The quantitative estimate of drug-likeness (QED) is 0.443. The Morgan fingerprint density at radius 3 is 2.20 bits per heavy atom. The number of H-pyrrole nitrogens is 1. The fraction of sp³-hybridized carbons (Fsp3) is 0.533. The van der Waals surface area contributed by atoms with Crippen LogP contribution in [0.25, 0.3) is 0 Å². The second-order valence-corrected chi connectivity index (χ2v) is 12.6. The number of aromatic nitrogens is 1. The standard InChI is InChI=1S/C15H22INO2Si/c1-15(2,3)14-13(19-4)12(18)11(16)10(17-14)8-9-20(5,6)7/h1-7H3,(H,17,18). The molecule has 0 atom stereocenters. The highest BCUT2D eigenvalue weighted by Gasteiger charge is 2.24. The van der Waals surface area contributed by atoms with Crippen LogP contribution in [-0.2, 0) is 5.41 Å². The van der Waals surface area contributed by atoms with Gasteiger partial charge >= 0.3 is 0 Å². The van der Waals surface area contributed by atoms with Crippen LogP contribution in [-0.4, -0.2) is 20.2 Å². The fourth-order valence-corrected chi connectivity index (χ4v) is 2.64. The Bertz CT molecular complexity index is 625. The molecule has 0 radical (unpaired) electrons. The maximum atomic E-state index is 12.4. The molecule has 0 saturated carbocycles. The molecule has 1 rings (SSSR count). The molecule has 1 aromatic rings. The number of pyridine rings is 1. The molecule has 0 aliphatic rings. The number of nitrogens with one attached hydrogen (secondary N) is 1. The molecule has 0 fully saturated rings. The van der Waals surface area contributed by atoms with Crippen molar-refractivity contribution < 1.29 is 4.74 Å². The van der Waals surface area contributed by atoms with Crippen LogP contribution in [0.2, 0.25) is 19.6 Å². The van der Waals surface area contributed by atoms with E-state index in [1.807, 2.05) is 43.4 Å². The van der Waals surface area contributed by atoms with Crippen LogP contribution < -0.4 is 10.2 Å². The number of hydrogen-bond donors (Lipinski definition) is 1. The van der Waals surface area contributed by atoms with Crippen molar-refractivity contribution in [2.75, 3.05) is 7.11 Å². The summed E-state index contributed by atoms with van der Waals surface area (Å²) < 4.78 is 5.89. The lowest BCUT2D eigenvalue weighted by Gasteiger charge is -2.22. The molecule has 0 bridgehead atoms. The van der Waals surface area contributed by atoms with Crippen molar-refractivity contribution in [1.29, 1.82) is 0 Å². The Kier molecular flexibility index (Phi) is 5.14. The van der Waals surface area contributed by atoms with Gasteiger partial charge in [-0.1, -0.05) is 46.3 Å². The molecule has 1 N–H and O–H groups in total. The van der Waals surface area contributed by atoms with Gasteiger partial charge < -0.3 is 9.72 Å². The average Bonchev–Trinajstić information content (AvgIpc) is 2.28. The Morgan fingerprint density at radius 2 is 1.80 bits per heavy atom. The summed E-state index contributed by atoms with van der Waals surface area (Å²) in [4.78, 5) is 15.7. The van der Waals surface area contributed by atoms with Crippen LogP contribution >= 0.6 is 22.6 Å². The maximum absolute atomic E-state index is 12.4. The number of halogens is 1. The van der Waals surface area contributed by atoms with Gasteiger partial charge in [-0.3, -0.25) is 4.79 Å². The first-order chi connectivity index (χ1) is 8.97. The summed E-state index contributed by atoms with van der Waals surface area (Å²) in [5.74, 6) is 3.54. The summed E-state index contributed by atoms with van der Waals surface area (Å²) in [5, 5.41) is 0. The van der Waals surface area contributed by atoms with Crippen molar-refractivity contribution in [2.24, 2.45) is 0 Å². The molecule has 0 aromatic carbocycles. The Morgan fingerprint density at radius 1 is 1.25 bits per heavy atom. The monoisotopic (exact) mass is 403 g/mol. The van der Waals surface area contributed by atoms with Crippen LogP contribution in [0.15, 0.2) is 4.79 Å². The summed E-state index contributed by atoms with van der Waals surface area (Å²) >= 11 is 2.04. The number of hydrogen-bond acceptors (Lipinski definition) is 2. The maximum Gasteiger partial charge on any atom is 0.238 e. The van der Waals surface area contributed by atoms with Gasteiger partial charge in [-0.05, 0) is 22.6 Å². The highest BCUT2D eigenvalue weighted by atomic mass is 127. The molecule has 110 valence electrons. The van der Waals surface area contributed by atoms with Gasteiger partial charge in [-0.25, -0.2) is 0 Å². The van der Waals surface area contributed by atoms with Crippen LogP contribution in [0.4, 0.5) is 0 Å². The predicted octanol–water partition coefficient (Wildman–Crippen LogP) is 3.51. The minimum atomic E-state index is -1.48. The molecule has 0 amide bonds. The number of ether oxygens (including phenoxy) is 1. The van der Waals surface area contributed by atoms with Crippen LogP contribution in [0.3, 0.4) is 0 Å². The third-order valence-corrected chi connectivity index (χ3v) is 4.52. The van der Waals surface area contributed by atoms with Gasteiger partial charge in [-0.2, -0.15) is 0 Å². The van der Waals surface area contributed by atoms with Crippen molar-refractivity contribution in [3.63, 3.8) is 0 Å². The summed E-state index contributed by atoms with van der Waals surface area (Å²) in [6.45, 7) is 12.7. The van der Waals surface area contributed by atoms with Crippen molar-refractivity contribution in [1.82, 2.24) is 4.98 Å². The van der Waals surface area contributed by atoms with E-state index in [4.69, 9.17) is 4.74 Å². The first-order valence-electron chi connectivity index (χ1n) is 6.51. The van der Waals surface area contributed by atoms with E-state index in [1.165, 1.54) is 7.11 Å². The molecule has 20 heavy (non-hydrogen) atoms. The van der Waals surface area contributed by atoms with E-state index in [-0.39, 0.29) is 10.8 Å². The van der Waals surface area contributed by atoms with Crippen molar-refractivity contribution >= 4 is 30.7 Å². The van der Waals surface area contributed by atoms with Crippen molar-refractivity contribution in [2.45, 2.75) is 45.8 Å². The highest BCUT2D eigenvalue weighted by Crippen LogP contribution is 2.28. The zero-order valence-electron chi connectivity index (χ0n) is 13.2. The Balaban J connectivity index is 3.61. The summed E-state index contributed by atoms with van der Waals surface area (Å²) in [7, 11) is 0.0478. The van der Waals surface area contributed by atoms with E-state index < -0.39 is 8.07 Å². The van der Waals surface area contributed by atoms with Gasteiger partial charge in [-0.15, -0.1) is 5.54 Å². The van der Waals surface area contributed by atoms with Gasteiger partial charge in [0, 0.05) is 5.41 Å². The zero-order chi connectivity index (χ0) is 15.7. The van der Waals surface area contributed by atoms with Gasteiger partial charge in [0.25, 0.3) is 0 Å². The molecular formula is C15H22INO2Si. The highest BCUT2D eigenvalue weighted by molar-refractivity contribution is 14.1. The van der Waals surface area contributed by atoms with Crippen molar-refractivity contribution in [3.8, 4) is 17.2 Å². The topological polar surface area (TPSA) is 42.1 Å². The molecule has 1 heterocycles. The lowest BCUT2D eigenvalue weighted by molar-refractivity contribution is 0.387. The van der Waals surface area contributed by atoms with Crippen molar-refractivity contribution in [3.05, 3.63) is 25.2 Å². The molecule has 0 spiro atoms. The predicted molar refractivity (Wildman–Crippen MR) is 95.3 cm³/mol. The first kappa shape index (κ1) is 17.3. The molecule has 0 aliphatic carbocycles. The molecule has 3 nitrogen and oxygen atoms in total. The van der Waals surface area contributed by atoms with Gasteiger partial charge in [0.15, 0.2) is 5.75 Å². The van der Waals surface area contributed by atoms with Gasteiger partial charge in [0.2, 0.25) is 5.43 Å². The normalized spacial score (nSPS) is 11.8. The number of aromatic amines is 1. The third kappa shape index (κ3) is 4.12. The third-order valence-electron chi connectivity index (χ3n) is 2.62. The Hall–Kier alpha value is -0.743. The van der Waals surface area contributed by atoms with Crippen LogP contribution in [0.5, 0.6) is 5.75 Å². The van der Waals surface area contributed by atoms with E-state index >= 15 is 0 Å². The zero-order valence-corrected chi connectivity index (χ0v) is 16.4. The lowest BCUT2D eigenvalue weighted by atomic mass is 9.90. The minimum Gasteiger partial charge on any atom is -0.491 e. The molecule has 0 aliphatic heterocycles. The van der Waals surface area contributed by atoms with E-state index in [0.29, 0.717) is 15.0 Å². The SMILES string of the molecule is COc1c(C(C)(C)C)[nH]c(C#C[Si](C)(C)C)c(I)c1=O. The molecule has 0 unspecified atom stereocenters. The second-order valence-electron chi connectivity index (χ2n) is 6.80. The second kappa shape index (κ2) is 5.94. The summed E-state index contributed by atoms with van der Waals surface area (Å²) in [6.07, 6.45) is 0. The molecule has 1 aromatic heterocycles. The first-order valence-corrected chi connectivity index (χ1v) is 11.1.